The number of aromatic amines is 1. The van der Waals surface area contributed by atoms with E-state index in [0.29, 0.717) is 13.2 Å². The van der Waals surface area contributed by atoms with E-state index in [0.717, 1.165) is 78.7 Å². The normalized spacial score (nSPS) is 12.0. The fraction of sp³-hybridized carbons (Fsp3) is 0.500. The topological polar surface area (TPSA) is 92.5 Å². The summed E-state index contributed by atoms with van der Waals surface area (Å²) >= 11 is 0. The zero-order valence-electron chi connectivity index (χ0n) is 21.1. The number of rotatable bonds is 15. The third kappa shape index (κ3) is 6.62. The van der Waals surface area contributed by atoms with Gasteiger partial charge in [0.2, 0.25) is 0 Å². The van der Waals surface area contributed by atoms with Crippen molar-refractivity contribution in [2.24, 2.45) is 0 Å². The number of nitrogens with one attached hydrogen (secondary N) is 4. The van der Waals surface area contributed by atoms with E-state index in [2.05, 4.69) is 59.2 Å². The van der Waals surface area contributed by atoms with Crippen molar-refractivity contribution in [1.82, 2.24) is 21.0 Å². The van der Waals surface area contributed by atoms with Crippen molar-refractivity contribution in [3.05, 3.63) is 46.7 Å². The molecule has 34 heavy (non-hydrogen) atoms. The highest BCUT2D eigenvalue weighted by Gasteiger charge is 2.27. The van der Waals surface area contributed by atoms with Crippen LogP contribution in [0.15, 0.2) is 35.6 Å². The first-order chi connectivity index (χ1) is 16.6. The molecule has 1 aromatic heterocycles. The van der Waals surface area contributed by atoms with Crippen molar-refractivity contribution in [3.8, 4) is 22.8 Å². The summed E-state index contributed by atoms with van der Waals surface area (Å²) in [5, 5.41) is 14.5. The van der Waals surface area contributed by atoms with Gasteiger partial charge in [-0.15, -0.1) is 0 Å². The van der Waals surface area contributed by atoms with Gasteiger partial charge in [0, 0.05) is 36.2 Å². The molecule has 4 N–H and O–H groups in total. The Kier molecular flexibility index (Phi) is 10.00. The minimum atomic E-state index is 0.557. The number of nitrogens with zero attached hydrogens (tertiary/aromatic N) is 1. The summed E-state index contributed by atoms with van der Waals surface area (Å²) in [5.41, 5.74) is 9.76. The van der Waals surface area contributed by atoms with E-state index in [-0.39, 0.29) is 0 Å². The van der Waals surface area contributed by atoms with Crippen molar-refractivity contribution in [1.29, 1.82) is 0 Å². The molecular weight excluding hydrogens is 430 g/mol. The van der Waals surface area contributed by atoms with Crippen molar-refractivity contribution >= 4 is 5.82 Å². The molecule has 0 aliphatic heterocycles. The lowest BCUT2D eigenvalue weighted by Crippen LogP contribution is -2.22. The zero-order chi connectivity index (χ0) is 24.3. The van der Waals surface area contributed by atoms with Gasteiger partial charge in [-0.2, -0.15) is 5.10 Å². The summed E-state index contributed by atoms with van der Waals surface area (Å²) in [7, 11) is 1.67. The van der Waals surface area contributed by atoms with Crippen LogP contribution in [0.2, 0.25) is 0 Å². The van der Waals surface area contributed by atoms with Gasteiger partial charge >= 0.3 is 0 Å². The molecule has 2 aromatic rings. The fourth-order valence-electron chi connectivity index (χ4n) is 3.85. The number of aromatic nitrogens is 2. The van der Waals surface area contributed by atoms with Crippen LogP contribution >= 0.6 is 0 Å². The van der Waals surface area contributed by atoms with E-state index in [9.17, 15) is 0 Å². The van der Waals surface area contributed by atoms with Gasteiger partial charge in [-0.25, -0.2) is 5.48 Å². The average molecular weight is 470 g/mol. The molecule has 186 valence electrons. The van der Waals surface area contributed by atoms with Crippen molar-refractivity contribution < 1.29 is 14.3 Å². The standard InChI is InChI=1S/C26H39N5O3/c1-6-10-22(18(3)4)29-26-21-15-19-16-24(23(32-5)17-20(19)25(21)30-31-26)33-13-9-14-34-28-12-8-11-27-7-2/h6,10,16-17,27-28H,7-9,11-15H2,1-5H3,(H2,29,30,31)/b10-6-. The number of anilines is 1. The predicted octanol–water partition coefficient (Wildman–Crippen LogP) is 4.56. The number of hydrogen-bond donors (Lipinski definition) is 4. The maximum atomic E-state index is 6.05. The molecule has 0 saturated heterocycles. The molecule has 1 aromatic carbocycles. The minimum absolute atomic E-state index is 0.557. The van der Waals surface area contributed by atoms with Crippen molar-refractivity contribution in [2.45, 2.75) is 47.0 Å². The monoisotopic (exact) mass is 469 g/mol. The highest BCUT2D eigenvalue weighted by atomic mass is 16.6. The number of hydrogen-bond acceptors (Lipinski definition) is 7. The zero-order valence-corrected chi connectivity index (χ0v) is 21.1. The first kappa shape index (κ1) is 25.8. The first-order valence-corrected chi connectivity index (χ1v) is 12.1. The van der Waals surface area contributed by atoms with Gasteiger partial charge in [-0.3, -0.25) is 5.10 Å². The molecule has 1 aliphatic rings. The van der Waals surface area contributed by atoms with Crippen LogP contribution in [0.3, 0.4) is 0 Å². The van der Waals surface area contributed by atoms with E-state index >= 15 is 0 Å². The lowest BCUT2D eigenvalue weighted by atomic mass is 10.1. The molecule has 1 heterocycles. The highest BCUT2D eigenvalue weighted by molar-refractivity contribution is 5.81. The second kappa shape index (κ2) is 13.2. The Bertz CT molecular complexity index is 993. The smallest absolute Gasteiger partial charge is 0.161 e. The molecule has 0 saturated carbocycles. The molecule has 0 bridgehead atoms. The Morgan fingerprint density at radius 3 is 2.74 bits per heavy atom. The molecule has 0 fully saturated rings. The van der Waals surface area contributed by atoms with E-state index in [1.807, 2.05) is 19.1 Å². The average Bonchev–Trinajstić information content (AvgIpc) is 3.38. The summed E-state index contributed by atoms with van der Waals surface area (Å²) < 4.78 is 11.7. The minimum Gasteiger partial charge on any atom is -0.493 e. The summed E-state index contributed by atoms with van der Waals surface area (Å²) in [6.45, 7) is 12.3. The molecule has 0 unspecified atom stereocenters. The number of hydroxylamine groups is 1. The van der Waals surface area contributed by atoms with Crippen LogP contribution in [0.4, 0.5) is 5.82 Å². The Morgan fingerprint density at radius 1 is 1.15 bits per heavy atom. The Balaban J connectivity index is 1.56. The lowest BCUT2D eigenvalue weighted by molar-refractivity contribution is 0.0334. The van der Waals surface area contributed by atoms with Crippen LogP contribution in [0.5, 0.6) is 11.5 Å². The van der Waals surface area contributed by atoms with Gasteiger partial charge < -0.3 is 24.9 Å². The van der Waals surface area contributed by atoms with Crippen LogP contribution in [0.25, 0.3) is 11.3 Å². The van der Waals surface area contributed by atoms with Gasteiger partial charge in [-0.1, -0.05) is 18.6 Å². The van der Waals surface area contributed by atoms with Crippen LogP contribution in [0, 0.1) is 0 Å². The fourth-order valence-corrected chi connectivity index (χ4v) is 3.85. The molecule has 0 spiro atoms. The molecule has 3 rings (SSSR count). The first-order valence-electron chi connectivity index (χ1n) is 12.1. The molecule has 0 radical (unpaired) electrons. The summed E-state index contributed by atoms with van der Waals surface area (Å²) in [5.74, 6) is 2.33. The van der Waals surface area contributed by atoms with Gasteiger partial charge in [0.15, 0.2) is 17.3 Å². The largest absolute Gasteiger partial charge is 0.493 e. The SMILES string of the molecule is C/C=C\C(Nc1n[nH]c2c1Cc1cc(OCCCONCCCNCC)c(OC)cc1-2)=C(C)C. The number of benzene rings is 1. The van der Waals surface area contributed by atoms with E-state index in [1.165, 1.54) is 11.1 Å². The highest BCUT2D eigenvalue weighted by Crippen LogP contribution is 2.44. The number of methoxy groups -OCH3 is 1. The quantitative estimate of drug-likeness (QED) is 0.147. The Labute approximate surface area is 203 Å². The maximum absolute atomic E-state index is 6.05. The molecule has 0 atom stereocenters. The van der Waals surface area contributed by atoms with Gasteiger partial charge in [0.05, 0.1) is 26.0 Å². The second-order valence-corrected chi connectivity index (χ2v) is 8.45. The summed E-state index contributed by atoms with van der Waals surface area (Å²) in [6, 6.07) is 4.12. The molecule has 1 aliphatic carbocycles. The van der Waals surface area contributed by atoms with Gasteiger partial charge in [-0.05, 0) is 64.1 Å². The van der Waals surface area contributed by atoms with Gasteiger partial charge in [0.1, 0.15) is 0 Å². The number of allylic oxidation sites excluding steroid dienone is 3. The maximum Gasteiger partial charge on any atom is 0.161 e. The Morgan fingerprint density at radius 2 is 2.00 bits per heavy atom. The van der Waals surface area contributed by atoms with E-state index < -0.39 is 0 Å². The van der Waals surface area contributed by atoms with E-state index in [1.54, 1.807) is 7.11 Å². The van der Waals surface area contributed by atoms with E-state index in [4.69, 9.17) is 14.3 Å². The van der Waals surface area contributed by atoms with Crippen molar-refractivity contribution in [2.75, 3.05) is 45.3 Å². The number of H-pyrrole nitrogens is 1. The Hall–Kier alpha value is -2.81. The second-order valence-electron chi connectivity index (χ2n) is 8.45. The van der Waals surface area contributed by atoms with Crippen LogP contribution in [-0.2, 0) is 11.3 Å². The van der Waals surface area contributed by atoms with Crippen LogP contribution < -0.4 is 25.6 Å². The van der Waals surface area contributed by atoms with Crippen molar-refractivity contribution in [3.63, 3.8) is 0 Å². The van der Waals surface area contributed by atoms with Crippen LogP contribution in [-0.4, -0.2) is 50.2 Å². The van der Waals surface area contributed by atoms with Crippen LogP contribution in [0.1, 0.15) is 51.7 Å². The number of ether oxygens (including phenoxy) is 2. The summed E-state index contributed by atoms with van der Waals surface area (Å²) in [4.78, 5) is 5.48. The third-order valence-corrected chi connectivity index (χ3v) is 5.65. The molecule has 0 amide bonds. The molecule has 8 nitrogen and oxygen atoms in total. The molecule has 8 heteroatoms. The lowest BCUT2D eigenvalue weighted by Gasteiger charge is -2.13. The molecular formula is C26H39N5O3. The number of fused-ring (bicyclic) bond motifs is 3. The predicted molar refractivity (Wildman–Crippen MR) is 137 cm³/mol. The van der Waals surface area contributed by atoms with Gasteiger partial charge in [0.25, 0.3) is 0 Å². The summed E-state index contributed by atoms with van der Waals surface area (Å²) in [6.07, 6.45) is 6.70. The third-order valence-electron chi connectivity index (χ3n) is 5.65.